The molecule has 106 valence electrons. The van der Waals surface area contributed by atoms with Crippen LogP contribution in [0.2, 0.25) is 0 Å². The minimum absolute atomic E-state index is 0.109. The van der Waals surface area contributed by atoms with Crippen molar-refractivity contribution < 1.29 is 9.47 Å². The third-order valence-electron chi connectivity index (χ3n) is 4.20. The third-order valence-corrected chi connectivity index (χ3v) is 4.20. The maximum Gasteiger partial charge on any atom is 0.161 e. The van der Waals surface area contributed by atoms with Crippen molar-refractivity contribution in [3.8, 4) is 11.5 Å². The van der Waals surface area contributed by atoms with Crippen molar-refractivity contribution in [2.75, 3.05) is 14.2 Å². The summed E-state index contributed by atoms with van der Waals surface area (Å²) in [6.45, 7) is 0. The first-order chi connectivity index (χ1) is 9.26. The first-order valence-electron chi connectivity index (χ1n) is 7.23. The molecule has 1 aromatic carbocycles. The van der Waals surface area contributed by atoms with Gasteiger partial charge in [-0.2, -0.15) is 0 Å². The Balaban J connectivity index is 2.15. The molecule has 2 N–H and O–H groups in total. The zero-order valence-corrected chi connectivity index (χ0v) is 12.0. The molecule has 0 bridgehead atoms. The molecule has 0 aromatic heterocycles. The van der Waals surface area contributed by atoms with E-state index in [9.17, 15) is 0 Å². The second kappa shape index (κ2) is 6.80. The van der Waals surface area contributed by atoms with Gasteiger partial charge in [0.25, 0.3) is 0 Å². The lowest BCUT2D eigenvalue weighted by atomic mass is 9.88. The standard InChI is InChI=1S/C16H25NO2/c1-18-14-10-9-13(11-15(14)19-2)16(17)12-7-5-3-4-6-8-12/h9-12,16H,3-8,17H2,1-2H3. The minimum atomic E-state index is 0.109. The van der Waals surface area contributed by atoms with E-state index < -0.39 is 0 Å². The van der Waals surface area contributed by atoms with Gasteiger partial charge in [-0.3, -0.25) is 0 Å². The van der Waals surface area contributed by atoms with Gasteiger partial charge in [0.2, 0.25) is 0 Å². The fourth-order valence-corrected chi connectivity index (χ4v) is 3.00. The molecule has 0 heterocycles. The number of hydrogen-bond donors (Lipinski definition) is 1. The summed E-state index contributed by atoms with van der Waals surface area (Å²) in [4.78, 5) is 0. The Morgan fingerprint density at radius 3 is 2.21 bits per heavy atom. The lowest BCUT2D eigenvalue weighted by Gasteiger charge is -2.23. The fourth-order valence-electron chi connectivity index (χ4n) is 3.00. The molecule has 0 radical (unpaired) electrons. The van der Waals surface area contributed by atoms with Gasteiger partial charge in [0.1, 0.15) is 0 Å². The Labute approximate surface area is 116 Å². The largest absolute Gasteiger partial charge is 0.493 e. The monoisotopic (exact) mass is 263 g/mol. The van der Waals surface area contributed by atoms with Crippen molar-refractivity contribution in [3.05, 3.63) is 23.8 Å². The van der Waals surface area contributed by atoms with E-state index in [4.69, 9.17) is 15.2 Å². The molecule has 1 unspecified atom stereocenters. The van der Waals surface area contributed by atoms with E-state index >= 15 is 0 Å². The summed E-state index contributed by atoms with van der Waals surface area (Å²) in [5.74, 6) is 2.13. The summed E-state index contributed by atoms with van der Waals surface area (Å²) in [5, 5.41) is 0. The van der Waals surface area contributed by atoms with Crippen molar-refractivity contribution in [2.45, 2.75) is 44.6 Å². The molecule has 1 fully saturated rings. The highest BCUT2D eigenvalue weighted by molar-refractivity contribution is 5.43. The zero-order valence-electron chi connectivity index (χ0n) is 12.0. The van der Waals surface area contributed by atoms with Gasteiger partial charge < -0.3 is 15.2 Å². The molecule has 0 aliphatic heterocycles. The molecule has 1 aliphatic carbocycles. The van der Waals surface area contributed by atoms with Crippen LogP contribution in [0.3, 0.4) is 0 Å². The molecule has 1 saturated carbocycles. The number of nitrogens with two attached hydrogens (primary N) is 1. The van der Waals surface area contributed by atoms with Crippen molar-refractivity contribution in [2.24, 2.45) is 11.7 Å². The number of benzene rings is 1. The van der Waals surface area contributed by atoms with E-state index in [2.05, 4.69) is 6.07 Å². The van der Waals surface area contributed by atoms with Crippen LogP contribution in [0.1, 0.15) is 50.1 Å². The Bertz CT molecular complexity index is 398. The van der Waals surface area contributed by atoms with Gasteiger partial charge in [0, 0.05) is 6.04 Å². The summed E-state index contributed by atoms with van der Waals surface area (Å²) >= 11 is 0. The number of hydrogen-bond acceptors (Lipinski definition) is 3. The van der Waals surface area contributed by atoms with Crippen LogP contribution in [-0.4, -0.2) is 14.2 Å². The Hall–Kier alpha value is -1.22. The highest BCUT2D eigenvalue weighted by atomic mass is 16.5. The maximum absolute atomic E-state index is 6.46. The van der Waals surface area contributed by atoms with Gasteiger partial charge in [0.15, 0.2) is 11.5 Å². The highest BCUT2D eigenvalue weighted by Gasteiger charge is 2.21. The van der Waals surface area contributed by atoms with Crippen LogP contribution in [0, 0.1) is 5.92 Å². The van der Waals surface area contributed by atoms with Crippen LogP contribution < -0.4 is 15.2 Å². The summed E-state index contributed by atoms with van der Waals surface area (Å²) in [5.41, 5.74) is 7.61. The van der Waals surface area contributed by atoms with E-state index in [-0.39, 0.29) is 6.04 Å². The zero-order chi connectivity index (χ0) is 13.7. The molecule has 2 rings (SSSR count). The van der Waals surface area contributed by atoms with Crippen LogP contribution in [0.15, 0.2) is 18.2 Å². The molecule has 0 saturated heterocycles. The second-order valence-corrected chi connectivity index (χ2v) is 5.39. The second-order valence-electron chi connectivity index (χ2n) is 5.39. The third kappa shape index (κ3) is 3.41. The predicted octanol–water partition coefficient (Wildman–Crippen LogP) is 3.67. The number of ether oxygens (including phenoxy) is 2. The van der Waals surface area contributed by atoms with E-state index in [1.54, 1.807) is 14.2 Å². The Kier molecular flexibility index (Phi) is 5.08. The van der Waals surface area contributed by atoms with E-state index in [0.717, 1.165) is 17.1 Å². The first kappa shape index (κ1) is 14.2. The summed E-state index contributed by atoms with van der Waals surface area (Å²) < 4.78 is 10.6. The molecule has 1 aliphatic rings. The smallest absolute Gasteiger partial charge is 0.161 e. The summed E-state index contributed by atoms with van der Waals surface area (Å²) in [7, 11) is 3.32. The minimum Gasteiger partial charge on any atom is -0.493 e. The molecule has 0 amide bonds. The quantitative estimate of drug-likeness (QED) is 0.843. The molecule has 19 heavy (non-hydrogen) atoms. The van der Waals surface area contributed by atoms with Gasteiger partial charge in [-0.05, 0) is 36.5 Å². The first-order valence-corrected chi connectivity index (χ1v) is 7.23. The van der Waals surface area contributed by atoms with Crippen LogP contribution >= 0.6 is 0 Å². The van der Waals surface area contributed by atoms with Crippen molar-refractivity contribution >= 4 is 0 Å². The predicted molar refractivity (Wildman–Crippen MR) is 77.7 cm³/mol. The SMILES string of the molecule is COc1ccc(C(N)C2CCCCCC2)cc1OC. The Morgan fingerprint density at radius 1 is 1.00 bits per heavy atom. The Morgan fingerprint density at radius 2 is 1.63 bits per heavy atom. The molecule has 1 atom stereocenters. The average Bonchev–Trinajstić information content (AvgIpc) is 2.74. The fraction of sp³-hybridized carbons (Fsp3) is 0.625. The van der Waals surface area contributed by atoms with Crippen molar-refractivity contribution in [3.63, 3.8) is 0 Å². The van der Waals surface area contributed by atoms with Gasteiger partial charge in [-0.15, -0.1) is 0 Å². The van der Waals surface area contributed by atoms with Gasteiger partial charge in [-0.25, -0.2) is 0 Å². The van der Waals surface area contributed by atoms with Crippen LogP contribution in [0.5, 0.6) is 11.5 Å². The molecule has 0 spiro atoms. The molecule has 1 aromatic rings. The van der Waals surface area contributed by atoms with Crippen LogP contribution in [0.4, 0.5) is 0 Å². The van der Waals surface area contributed by atoms with E-state index in [0.29, 0.717) is 5.92 Å². The van der Waals surface area contributed by atoms with Gasteiger partial charge in [-0.1, -0.05) is 31.7 Å². The average molecular weight is 263 g/mol. The topological polar surface area (TPSA) is 44.5 Å². The molecular formula is C16H25NO2. The molecular weight excluding hydrogens is 238 g/mol. The normalized spacial score (nSPS) is 18.7. The lowest BCUT2D eigenvalue weighted by Crippen LogP contribution is -2.21. The summed E-state index contributed by atoms with van der Waals surface area (Å²) in [6, 6.07) is 6.15. The molecule has 3 heteroatoms. The van der Waals surface area contributed by atoms with Crippen molar-refractivity contribution in [1.82, 2.24) is 0 Å². The number of methoxy groups -OCH3 is 2. The van der Waals surface area contributed by atoms with Crippen molar-refractivity contribution in [1.29, 1.82) is 0 Å². The van der Waals surface area contributed by atoms with E-state index in [1.807, 2.05) is 12.1 Å². The number of rotatable bonds is 4. The van der Waals surface area contributed by atoms with Gasteiger partial charge in [0.05, 0.1) is 14.2 Å². The maximum atomic E-state index is 6.46. The highest BCUT2D eigenvalue weighted by Crippen LogP contribution is 2.35. The van der Waals surface area contributed by atoms with E-state index in [1.165, 1.54) is 38.5 Å². The van der Waals surface area contributed by atoms with Gasteiger partial charge >= 0.3 is 0 Å². The molecule has 3 nitrogen and oxygen atoms in total. The van der Waals surface area contributed by atoms with Crippen LogP contribution in [0.25, 0.3) is 0 Å². The van der Waals surface area contributed by atoms with Crippen LogP contribution in [-0.2, 0) is 0 Å². The lowest BCUT2D eigenvalue weighted by molar-refractivity contribution is 0.350. The summed E-state index contributed by atoms with van der Waals surface area (Å²) in [6.07, 6.45) is 7.83.